The molecule has 1 atom stereocenters. The molecule has 1 saturated heterocycles. The topological polar surface area (TPSA) is 48.3 Å². The molecule has 1 aromatic carbocycles. The predicted molar refractivity (Wildman–Crippen MR) is 78.2 cm³/mol. The van der Waals surface area contributed by atoms with Gasteiger partial charge in [0, 0.05) is 31.0 Å². The van der Waals surface area contributed by atoms with Gasteiger partial charge in [0.15, 0.2) is 0 Å². The molecule has 106 valence electrons. The van der Waals surface area contributed by atoms with Crippen LogP contribution in [0.25, 0.3) is 11.1 Å². The van der Waals surface area contributed by atoms with Crippen LogP contribution in [0.1, 0.15) is 12.5 Å². The van der Waals surface area contributed by atoms with Crippen molar-refractivity contribution in [3.63, 3.8) is 0 Å². The molecule has 0 amide bonds. The van der Waals surface area contributed by atoms with Crippen LogP contribution in [0.15, 0.2) is 30.6 Å². The molecule has 1 aliphatic rings. The molecule has 2 aromatic rings. The summed E-state index contributed by atoms with van der Waals surface area (Å²) < 4.78 is 12.9. The number of hydrogen-bond donors (Lipinski definition) is 1. The molecular weight excluding hydrogens is 254 g/mol. The Bertz CT molecular complexity index is 589. The van der Waals surface area contributed by atoms with Crippen LogP contribution in [-0.4, -0.2) is 37.2 Å². The molecule has 1 aliphatic heterocycles. The molecule has 0 spiro atoms. The molecule has 0 aliphatic carbocycles. The van der Waals surface area contributed by atoms with E-state index in [4.69, 9.17) is 9.47 Å². The lowest BCUT2D eigenvalue weighted by Crippen LogP contribution is -2.08. The fraction of sp³-hybridized carbons (Fsp3) is 0.400. The van der Waals surface area contributed by atoms with Crippen LogP contribution < -0.4 is 10.1 Å². The van der Waals surface area contributed by atoms with Gasteiger partial charge in [0.05, 0.1) is 31.6 Å². The van der Waals surface area contributed by atoms with E-state index in [9.17, 15) is 0 Å². The Morgan fingerprint density at radius 3 is 3.05 bits per heavy atom. The van der Waals surface area contributed by atoms with Crippen LogP contribution in [0.4, 0.5) is 5.69 Å². The summed E-state index contributed by atoms with van der Waals surface area (Å²) >= 11 is 0. The van der Waals surface area contributed by atoms with Crippen molar-refractivity contribution >= 4 is 5.69 Å². The summed E-state index contributed by atoms with van der Waals surface area (Å²) in [5, 5.41) is 7.61. The highest BCUT2D eigenvalue weighted by atomic mass is 16.5. The van der Waals surface area contributed by atoms with Gasteiger partial charge in [0.2, 0.25) is 0 Å². The zero-order valence-electron chi connectivity index (χ0n) is 11.8. The van der Waals surface area contributed by atoms with E-state index in [1.807, 2.05) is 36.1 Å². The summed E-state index contributed by atoms with van der Waals surface area (Å²) in [6.45, 7) is 1.56. The van der Waals surface area contributed by atoms with Crippen molar-refractivity contribution in [1.82, 2.24) is 9.78 Å². The number of hydrogen-bond acceptors (Lipinski definition) is 4. The first-order chi connectivity index (χ1) is 9.83. The third-order valence-corrected chi connectivity index (χ3v) is 3.68. The smallest absolute Gasteiger partial charge is 0.149 e. The van der Waals surface area contributed by atoms with Crippen molar-refractivity contribution in [2.75, 3.05) is 32.7 Å². The van der Waals surface area contributed by atoms with E-state index in [0.717, 1.165) is 42.2 Å². The first-order valence-corrected chi connectivity index (χ1v) is 6.80. The summed E-state index contributed by atoms with van der Waals surface area (Å²) in [6.07, 6.45) is 4.97. The van der Waals surface area contributed by atoms with Gasteiger partial charge in [0.25, 0.3) is 0 Å². The third kappa shape index (κ3) is 2.25. The van der Waals surface area contributed by atoms with Crippen molar-refractivity contribution < 1.29 is 9.47 Å². The number of aromatic nitrogens is 2. The standard InChI is InChI=1S/C15H19N3O2/c1-16-14-5-3-4-13(15(14)19-2)11-8-17-18(9-11)12-6-7-20-10-12/h3-5,8-9,12,16H,6-7,10H2,1-2H3/t12-/m1/s1. The van der Waals surface area contributed by atoms with E-state index >= 15 is 0 Å². The fourth-order valence-electron chi connectivity index (χ4n) is 2.59. The second kappa shape index (κ2) is 5.54. The highest BCUT2D eigenvalue weighted by Crippen LogP contribution is 2.36. The van der Waals surface area contributed by atoms with Crippen LogP contribution in [0.5, 0.6) is 5.75 Å². The Kier molecular flexibility index (Phi) is 3.60. The summed E-state index contributed by atoms with van der Waals surface area (Å²) in [6, 6.07) is 6.41. The minimum absolute atomic E-state index is 0.349. The van der Waals surface area contributed by atoms with Gasteiger partial charge in [-0.25, -0.2) is 0 Å². The van der Waals surface area contributed by atoms with E-state index in [-0.39, 0.29) is 0 Å². The molecule has 1 aromatic heterocycles. The van der Waals surface area contributed by atoms with E-state index in [0.29, 0.717) is 6.04 Å². The SMILES string of the molecule is CNc1cccc(-c2cnn([C@@H]3CCOC3)c2)c1OC. The van der Waals surface area contributed by atoms with Gasteiger partial charge in [-0.3, -0.25) is 4.68 Å². The molecule has 2 heterocycles. The average molecular weight is 273 g/mol. The average Bonchev–Trinajstić information content (AvgIpc) is 3.16. The van der Waals surface area contributed by atoms with Crippen LogP contribution in [0, 0.1) is 0 Å². The minimum Gasteiger partial charge on any atom is -0.494 e. The molecule has 0 bridgehead atoms. The predicted octanol–water partition coefficient (Wildman–Crippen LogP) is 2.56. The van der Waals surface area contributed by atoms with Gasteiger partial charge in [-0.05, 0) is 12.5 Å². The lowest BCUT2D eigenvalue weighted by Gasteiger charge is -2.12. The van der Waals surface area contributed by atoms with Gasteiger partial charge in [-0.1, -0.05) is 12.1 Å². The third-order valence-electron chi connectivity index (χ3n) is 3.68. The van der Waals surface area contributed by atoms with Crippen molar-refractivity contribution in [3.05, 3.63) is 30.6 Å². The number of rotatable bonds is 4. The Balaban J connectivity index is 1.96. The lowest BCUT2D eigenvalue weighted by molar-refractivity contribution is 0.184. The van der Waals surface area contributed by atoms with Crippen LogP contribution in [0.2, 0.25) is 0 Å². The number of anilines is 1. The normalized spacial score (nSPS) is 18.2. The Morgan fingerprint density at radius 2 is 2.35 bits per heavy atom. The van der Waals surface area contributed by atoms with Crippen LogP contribution in [-0.2, 0) is 4.74 Å². The minimum atomic E-state index is 0.349. The number of ether oxygens (including phenoxy) is 2. The Morgan fingerprint density at radius 1 is 1.45 bits per heavy atom. The van der Waals surface area contributed by atoms with Gasteiger partial charge in [-0.2, -0.15) is 5.10 Å². The van der Waals surface area contributed by atoms with Crippen molar-refractivity contribution in [1.29, 1.82) is 0 Å². The second-order valence-electron chi connectivity index (χ2n) is 4.86. The maximum Gasteiger partial charge on any atom is 0.149 e. The number of benzene rings is 1. The van der Waals surface area contributed by atoms with Gasteiger partial charge >= 0.3 is 0 Å². The Labute approximate surface area is 118 Å². The maximum atomic E-state index is 5.53. The Hall–Kier alpha value is -2.01. The maximum absolute atomic E-state index is 5.53. The van der Waals surface area contributed by atoms with Gasteiger partial charge in [-0.15, -0.1) is 0 Å². The monoisotopic (exact) mass is 273 g/mol. The number of methoxy groups -OCH3 is 1. The summed E-state index contributed by atoms with van der Waals surface area (Å²) in [7, 11) is 3.58. The first-order valence-electron chi connectivity index (χ1n) is 6.80. The molecule has 3 rings (SSSR count). The highest BCUT2D eigenvalue weighted by molar-refractivity contribution is 5.77. The van der Waals surface area contributed by atoms with E-state index in [1.165, 1.54) is 0 Å². The molecule has 0 unspecified atom stereocenters. The molecule has 1 N–H and O–H groups in total. The van der Waals surface area contributed by atoms with Crippen molar-refractivity contribution in [2.45, 2.75) is 12.5 Å². The lowest BCUT2D eigenvalue weighted by atomic mass is 10.1. The molecular formula is C15H19N3O2. The van der Waals surface area contributed by atoms with E-state index in [1.54, 1.807) is 7.11 Å². The fourth-order valence-corrected chi connectivity index (χ4v) is 2.59. The molecule has 0 radical (unpaired) electrons. The van der Waals surface area contributed by atoms with Crippen LogP contribution in [0.3, 0.4) is 0 Å². The zero-order chi connectivity index (χ0) is 13.9. The molecule has 5 heteroatoms. The largest absolute Gasteiger partial charge is 0.494 e. The number of para-hydroxylation sites is 1. The summed E-state index contributed by atoms with van der Waals surface area (Å²) in [5.74, 6) is 0.845. The van der Waals surface area contributed by atoms with Crippen LogP contribution >= 0.6 is 0 Å². The summed E-state index contributed by atoms with van der Waals surface area (Å²) in [4.78, 5) is 0. The van der Waals surface area contributed by atoms with Crippen molar-refractivity contribution in [2.24, 2.45) is 0 Å². The van der Waals surface area contributed by atoms with Gasteiger partial charge < -0.3 is 14.8 Å². The molecule has 5 nitrogen and oxygen atoms in total. The van der Waals surface area contributed by atoms with E-state index in [2.05, 4.69) is 16.6 Å². The molecule has 0 saturated carbocycles. The first kappa shape index (κ1) is 13.0. The highest BCUT2D eigenvalue weighted by Gasteiger charge is 2.19. The molecule has 20 heavy (non-hydrogen) atoms. The van der Waals surface area contributed by atoms with E-state index < -0.39 is 0 Å². The van der Waals surface area contributed by atoms with Crippen molar-refractivity contribution in [3.8, 4) is 16.9 Å². The summed E-state index contributed by atoms with van der Waals surface area (Å²) in [5.41, 5.74) is 3.08. The number of nitrogens with one attached hydrogen (secondary N) is 1. The quantitative estimate of drug-likeness (QED) is 0.930. The van der Waals surface area contributed by atoms with Gasteiger partial charge in [0.1, 0.15) is 5.75 Å². The number of nitrogens with zero attached hydrogens (tertiary/aromatic N) is 2. The molecule has 1 fully saturated rings. The zero-order valence-corrected chi connectivity index (χ0v) is 11.8. The second-order valence-corrected chi connectivity index (χ2v) is 4.86.